The highest BCUT2D eigenvalue weighted by Crippen LogP contribution is 2.32. The highest BCUT2D eigenvalue weighted by atomic mass is 127. The molecule has 4 nitrogen and oxygen atoms in total. The standard InChI is InChI=1S/C15H18F7N3O.HI/c1-23-13(24-5-2-6-26-9-14(17,18)19)25-8-10-3-4-11(16)7-12(10)15(20,21)22;/h3-4,7H,2,5-6,8-9H2,1H3,(H2,23,24,25);1H. The molecule has 156 valence electrons. The maximum Gasteiger partial charge on any atom is 0.416 e. The Balaban J connectivity index is 0.00000676. The fourth-order valence-corrected chi connectivity index (χ4v) is 1.94. The van der Waals surface area contributed by atoms with E-state index >= 15 is 0 Å². The largest absolute Gasteiger partial charge is 0.416 e. The van der Waals surface area contributed by atoms with Gasteiger partial charge in [0.2, 0.25) is 0 Å². The van der Waals surface area contributed by atoms with Gasteiger partial charge in [-0.25, -0.2) is 4.39 Å². The van der Waals surface area contributed by atoms with E-state index in [0.29, 0.717) is 6.07 Å². The zero-order chi connectivity index (χ0) is 19.8. The van der Waals surface area contributed by atoms with E-state index in [0.717, 1.165) is 12.1 Å². The molecule has 0 spiro atoms. The van der Waals surface area contributed by atoms with Crippen LogP contribution < -0.4 is 10.6 Å². The summed E-state index contributed by atoms with van der Waals surface area (Å²) in [4.78, 5) is 3.79. The molecule has 0 fully saturated rings. The fourth-order valence-electron chi connectivity index (χ4n) is 1.94. The first-order chi connectivity index (χ1) is 12.0. The van der Waals surface area contributed by atoms with Crippen molar-refractivity contribution in [1.29, 1.82) is 0 Å². The van der Waals surface area contributed by atoms with Gasteiger partial charge in [-0.2, -0.15) is 26.3 Å². The van der Waals surface area contributed by atoms with Crippen LogP contribution in [-0.4, -0.2) is 38.9 Å². The van der Waals surface area contributed by atoms with Crippen LogP contribution in [0.2, 0.25) is 0 Å². The third-order valence-electron chi connectivity index (χ3n) is 3.07. The Morgan fingerprint density at radius 1 is 1.11 bits per heavy atom. The molecule has 0 atom stereocenters. The quantitative estimate of drug-likeness (QED) is 0.188. The summed E-state index contributed by atoms with van der Waals surface area (Å²) in [5.74, 6) is -0.847. The lowest BCUT2D eigenvalue weighted by Gasteiger charge is -2.16. The number of benzene rings is 1. The van der Waals surface area contributed by atoms with Crippen molar-refractivity contribution in [3.63, 3.8) is 0 Å². The second-order valence-electron chi connectivity index (χ2n) is 5.17. The Kier molecular flexibility index (Phi) is 11.0. The van der Waals surface area contributed by atoms with Crippen molar-refractivity contribution in [1.82, 2.24) is 10.6 Å². The van der Waals surface area contributed by atoms with E-state index < -0.39 is 30.3 Å². The molecule has 0 amide bonds. The summed E-state index contributed by atoms with van der Waals surface area (Å²) in [6.07, 6.45) is -8.86. The molecule has 2 N–H and O–H groups in total. The number of nitrogens with one attached hydrogen (secondary N) is 2. The van der Waals surface area contributed by atoms with Crippen LogP contribution in [0.3, 0.4) is 0 Å². The second kappa shape index (κ2) is 11.5. The minimum absolute atomic E-state index is 0. The lowest BCUT2D eigenvalue weighted by Crippen LogP contribution is -2.38. The van der Waals surface area contributed by atoms with Gasteiger partial charge >= 0.3 is 12.4 Å². The molecule has 0 bridgehead atoms. The van der Waals surface area contributed by atoms with Crippen LogP contribution in [0, 0.1) is 5.82 Å². The number of guanidine groups is 1. The first kappa shape index (κ1) is 25.7. The number of aliphatic imine (C=N–C) groups is 1. The molecule has 0 radical (unpaired) electrons. The monoisotopic (exact) mass is 517 g/mol. The van der Waals surface area contributed by atoms with E-state index in [9.17, 15) is 30.7 Å². The summed E-state index contributed by atoms with van der Waals surface area (Å²) >= 11 is 0. The Hall–Kier alpha value is -1.31. The molecule has 27 heavy (non-hydrogen) atoms. The van der Waals surface area contributed by atoms with Crippen LogP contribution in [0.25, 0.3) is 0 Å². The van der Waals surface area contributed by atoms with E-state index in [2.05, 4.69) is 20.4 Å². The molecule has 1 rings (SSSR count). The van der Waals surface area contributed by atoms with Crippen molar-refractivity contribution in [2.24, 2.45) is 4.99 Å². The first-order valence-corrected chi connectivity index (χ1v) is 7.47. The van der Waals surface area contributed by atoms with Gasteiger partial charge in [0.05, 0.1) is 5.56 Å². The van der Waals surface area contributed by atoms with Gasteiger partial charge < -0.3 is 15.4 Å². The molecule has 0 saturated heterocycles. The second-order valence-corrected chi connectivity index (χ2v) is 5.17. The maximum atomic E-state index is 13.0. The lowest BCUT2D eigenvalue weighted by atomic mass is 10.1. The van der Waals surface area contributed by atoms with E-state index in [1.807, 2.05) is 0 Å². The molecule has 12 heteroatoms. The highest BCUT2D eigenvalue weighted by Gasteiger charge is 2.33. The average molecular weight is 517 g/mol. The summed E-state index contributed by atoms with van der Waals surface area (Å²) in [5.41, 5.74) is -1.27. The number of alkyl halides is 6. The van der Waals surface area contributed by atoms with Gasteiger partial charge in [-0.05, 0) is 24.1 Å². The summed E-state index contributed by atoms with van der Waals surface area (Å²) in [5, 5.41) is 5.36. The van der Waals surface area contributed by atoms with E-state index in [4.69, 9.17) is 0 Å². The van der Waals surface area contributed by atoms with E-state index in [-0.39, 0.29) is 61.6 Å². The molecule has 1 aromatic carbocycles. The van der Waals surface area contributed by atoms with Crippen LogP contribution in [0.1, 0.15) is 17.5 Å². The topological polar surface area (TPSA) is 45.7 Å². The van der Waals surface area contributed by atoms with E-state index in [1.165, 1.54) is 7.05 Å². The third-order valence-corrected chi connectivity index (χ3v) is 3.07. The van der Waals surface area contributed by atoms with Crippen molar-refractivity contribution in [2.75, 3.05) is 26.8 Å². The zero-order valence-electron chi connectivity index (χ0n) is 14.2. The predicted octanol–water partition coefficient (Wildman–Crippen LogP) is 4.10. The maximum absolute atomic E-state index is 13.0. The molecule has 0 aliphatic rings. The van der Waals surface area contributed by atoms with Crippen molar-refractivity contribution in [2.45, 2.75) is 25.3 Å². The number of hydrogen-bond donors (Lipinski definition) is 2. The number of ether oxygens (including phenoxy) is 1. The Morgan fingerprint density at radius 2 is 1.78 bits per heavy atom. The SMILES string of the molecule is CN=C(NCCCOCC(F)(F)F)NCc1ccc(F)cc1C(F)(F)F.I. The Morgan fingerprint density at radius 3 is 2.33 bits per heavy atom. The molecular formula is C15H19F7IN3O. The minimum Gasteiger partial charge on any atom is -0.372 e. The summed E-state index contributed by atoms with van der Waals surface area (Å²) in [7, 11) is 1.38. The van der Waals surface area contributed by atoms with Gasteiger partial charge in [0.1, 0.15) is 12.4 Å². The molecule has 0 aliphatic carbocycles. The van der Waals surface area contributed by atoms with Crippen LogP contribution in [-0.2, 0) is 17.5 Å². The van der Waals surface area contributed by atoms with Gasteiger partial charge in [-0.15, -0.1) is 24.0 Å². The summed E-state index contributed by atoms with van der Waals surface area (Å²) in [6.45, 7) is -1.54. The fraction of sp³-hybridized carbons (Fsp3) is 0.533. The molecule has 0 heterocycles. The number of halogens is 8. The summed E-state index contributed by atoms with van der Waals surface area (Å²) in [6, 6.07) is 2.34. The zero-order valence-corrected chi connectivity index (χ0v) is 16.5. The number of hydrogen-bond acceptors (Lipinski definition) is 2. The minimum atomic E-state index is -4.70. The smallest absolute Gasteiger partial charge is 0.372 e. The first-order valence-electron chi connectivity index (χ1n) is 7.47. The molecule has 0 saturated carbocycles. The normalized spacial score (nSPS) is 12.5. The molecule has 1 aromatic rings. The Labute approximate surface area is 168 Å². The van der Waals surface area contributed by atoms with Crippen molar-refractivity contribution < 1.29 is 35.5 Å². The van der Waals surface area contributed by atoms with Gasteiger partial charge in [0.25, 0.3) is 0 Å². The average Bonchev–Trinajstić information content (AvgIpc) is 2.52. The molecule has 0 unspecified atom stereocenters. The van der Waals surface area contributed by atoms with Crippen molar-refractivity contribution >= 4 is 29.9 Å². The van der Waals surface area contributed by atoms with Gasteiger partial charge in [0, 0.05) is 26.7 Å². The van der Waals surface area contributed by atoms with Crippen LogP contribution in [0.15, 0.2) is 23.2 Å². The van der Waals surface area contributed by atoms with Crippen LogP contribution in [0.5, 0.6) is 0 Å². The van der Waals surface area contributed by atoms with Crippen molar-refractivity contribution in [3.05, 3.63) is 35.1 Å². The third kappa shape index (κ3) is 10.6. The summed E-state index contributed by atoms with van der Waals surface area (Å²) < 4.78 is 91.8. The van der Waals surface area contributed by atoms with Gasteiger partial charge in [-0.1, -0.05) is 6.07 Å². The highest BCUT2D eigenvalue weighted by molar-refractivity contribution is 14.0. The lowest BCUT2D eigenvalue weighted by molar-refractivity contribution is -0.173. The molecular weight excluding hydrogens is 498 g/mol. The van der Waals surface area contributed by atoms with Gasteiger partial charge in [0.15, 0.2) is 5.96 Å². The number of rotatable bonds is 7. The van der Waals surface area contributed by atoms with Crippen LogP contribution in [0.4, 0.5) is 30.7 Å². The van der Waals surface area contributed by atoms with Crippen molar-refractivity contribution in [3.8, 4) is 0 Å². The van der Waals surface area contributed by atoms with Gasteiger partial charge in [-0.3, -0.25) is 4.99 Å². The molecule has 0 aliphatic heterocycles. The van der Waals surface area contributed by atoms with E-state index in [1.54, 1.807) is 0 Å². The number of nitrogens with zero attached hydrogens (tertiary/aromatic N) is 1. The predicted molar refractivity (Wildman–Crippen MR) is 96.5 cm³/mol. The Bertz CT molecular complexity index is 606. The molecule has 0 aromatic heterocycles. The van der Waals surface area contributed by atoms with Crippen LogP contribution >= 0.6 is 24.0 Å².